The lowest BCUT2D eigenvalue weighted by Gasteiger charge is -2.05. The molecule has 7 nitrogen and oxygen atoms in total. The Kier molecular flexibility index (Phi) is 3.81. The lowest BCUT2D eigenvalue weighted by atomic mass is 10.1. The number of carbonyl (C=O) groups excluding carboxylic acids is 1. The summed E-state index contributed by atoms with van der Waals surface area (Å²) in [4.78, 5) is 20.9. The zero-order valence-corrected chi connectivity index (χ0v) is 11.7. The van der Waals surface area contributed by atoms with Crippen LogP contribution in [0.1, 0.15) is 6.92 Å². The average Bonchev–Trinajstić information content (AvgIpc) is 2.42. The van der Waals surface area contributed by atoms with Crippen molar-refractivity contribution in [2.24, 2.45) is 4.40 Å². The average molecular weight is 306 g/mol. The second kappa shape index (κ2) is 5.41. The smallest absolute Gasteiger partial charge is 0.289 e. The molecule has 0 bridgehead atoms. The lowest BCUT2D eigenvalue weighted by Crippen LogP contribution is -2.09. The molecule has 1 aliphatic carbocycles. The first-order valence-electron chi connectivity index (χ1n) is 5.80. The molecule has 0 saturated carbocycles. The fraction of sp³-hybridized carbons (Fsp3) is 0.0769. The van der Waals surface area contributed by atoms with Gasteiger partial charge in [-0.1, -0.05) is 12.1 Å². The molecule has 0 unspecified atom stereocenters. The van der Waals surface area contributed by atoms with Gasteiger partial charge in [-0.25, -0.2) is 0 Å². The van der Waals surface area contributed by atoms with Crippen LogP contribution in [0.5, 0.6) is 0 Å². The number of rotatable bonds is 3. The fourth-order valence-corrected chi connectivity index (χ4v) is 2.85. The molecule has 0 aromatic heterocycles. The van der Waals surface area contributed by atoms with Crippen LogP contribution < -0.4 is 0 Å². The van der Waals surface area contributed by atoms with Gasteiger partial charge in [0.1, 0.15) is 0 Å². The molecule has 0 fully saturated rings. The number of sulfonamides is 1. The van der Waals surface area contributed by atoms with Crippen LogP contribution in [0.2, 0.25) is 0 Å². The predicted octanol–water partition coefficient (Wildman–Crippen LogP) is 1.81. The molecule has 0 amide bonds. The summed E-state index contributed by atoms with van der Waals surface area (Å²) in [7, 11) is -4.24. The summed E-state index contributed by atoms with van der Waals surface area (Å²) in [5.41, 5.74) is -0.155. The van der Waals surface area contributed by atoms with Crippen molar-refractivity contribution in [2.45, 2.75) is 11.8 Å². The van der Waals surface area contributed by atoms with Crippen LogP contribution in [-0.2, 0) is 14.8 Å². The van der Waals surface area contributed by atoms with Crippen LogP contribution in [0.25, 0.3) is 0 Å². The van der Waals surface area contributed by atoms with Crippen LogP contribution in [0.15, 0.2) is 57.4 Å². The Bertz CT molecular complexity index is 819. The van der Waals surface area contributed by atoms with E-state index in [2.05, 4.69) is 4.40 Å². The molecule has 0 radical (unpaired) electrons. The van der Waals surface area contributed by atoms with Gasteiger partial charge in [-0.2, -0.15) is 12.8 Å². The molecule has 2 rings (SSSR count). The van der Waals surface area contributed by atoms with E-state index in [0.29, 0.717) is 5.57 Å². The fourth-order valence-electron chi connectivity index (χ4n) is 1.70. The molecule has 0 spiro atoms. The van der Waals surface area contributed by atoms with Gasteiger partial charge in [-0.15, -0.1) is 0 Å². The van der Waals surface area contributed by atoms with Gasteiger partial charge >= 0.3 is 0 Å². The first-order chi connectivity index (χ1) is 9.81. The molecule has 1 aromatic carbocycles. The van der Waals surface area contributed by atoms with E-state index in [0.717, 1.165) is 12.1 Å². The number of para-hydroxylation sites is 1. The maximum atomic E-state index is 12.2. The highest BCUT2D eigenvalue weighted by Gasteiger charge is 2.25. The molecule has 0 saturated heterocycles. The van der Waals surface area contributed by atoms with Gasteiger partial charge < -0.3 is 0 Å². The number of hydrogen-bond donors (Lipinski definition) is 0. The molecular weight excluding hydrogens is 296 g/mol. The van der Waals surface area contributed by atoms with Gasteiger partial charge in [0.25, 0.3) is 15.7 Å². The highest BCUT2D eigenvalue weighted by Crippen LogP contribution is 2.25. The van der Waals surface area contributed by atoms with E-state index in [1.807, 2.05) is 0 Å². The molecule has 0 heterocycles. The Morgan fingerprint density at radius 3 is 2.48 bits per heavy atom. The Labute approximate surface area is 120 Å². The Hall–Kier alpha value is -2.61. The van der Waals surface area contributed by atoms with E-state index < -0.39 is 25.5 Å². The molecule has 0 N–H and O–H groups in total. The Balaban J connectivity index is 2.53. The number of nitrogens with zero attached hydrogens (tertiary/aromatic N) is 2. The van der Waals surface area contributed by atoms with Crippen molar-refractivity contribution in [3.05, 3.63) is 58.2 Å². The summed E-state index contributed by atoms with van der Waals surface area (Å²) in [5, 5.41) is 10.9. The molecule has 21 heavy (non-hydrogen) atoms. The topological polar surface area (TPSA) is 107 Å². The summed E-state index contributed by atoms with van der Waals surface area (Å²) in [6.07, 6.45) is 3.76. The quantitative estimate of drug-likeness (QED) is 0.481. The van der Waals surface area contributed by atoms with E-state index >= 15 is 0 Å². The zero-order chi connectivity index (χ0) is 15.6. The van der Waals surface area contributed by atoms with Gasteiger partial charge in [-0.05, 0) is 36.8 Å². The summed E-state index contributed by atoms with van der Waals surface area (Å²) < 4.78 is 27.9. The lowest BCUT2D eigenvalue weighted by molar-refractivity contribution is -0.387. The van der Waals surface area contributed by atoms with Gasteiger partial charge in [0.15, 0.2) is 10.7 Å². The molecular formula is C13H10N2O5S. The van der Waals surface area contributed by atoms with Crippen LogP contribution in [0, 0.1) is 10.1 Å². The number of allylic oxidation sites excluding steroid dienone is 4. The minimum absolute atomic E-state index is 0.0465. The summed E-state index contributed by atoms with van der Waals surface area (Å²) in [5.74, 6) is -0.239. The van der Waals surface area contributed by atoms with Crippen molar-refractivity contribution in [1.82, 2.24) is 0 Å². The number of benzene rings is 1. The van der Waals surface area contributed by atoms with Crippen molar-refractivity contribution in [3.8, 4) is 0 Å². The largest absolute Gasteiger partial charge is 0.290 e. The number of nitro groups is 1. The Morgan fingerprint density at radius 1 is 1.19 bits per heavy atom. The van der Waals surface area contributed by atoms with Crippen LogP contribution >= 0.6 is 0 Å². The standard InChI is InChI=1S/C13H10N2O5S/c1-9-8-10(6-7-12(9)16)14-21(19,20)13-5-3-2-4-11(13)15(17)18/h2-8H,1H3/b14-10-. The zero-order valence-electron chi connectivity index (χ0n) is 10.9. The van der Waals surface area contributed by atoms with E-state index in [4.69, 9.17) is 0 Å². The summed E-state index contributed by atoms with van der Waals surface area (Å²) >= 11 is 0. The van der Waals surface area contributed by atoms with Crippen LogP contribution in [0.3, 0.4) is 0 Å². The highest BCUT2D eigenvalue weighted by atomic mass is 32.2. The van der Waals surface area contributed by atoms with E-state index in [1.54, 1.807) is 0 Å². The monoisotopic (exact) mass is 306 g/mol. The van der Waals surface area contributed by atoms with Gasteiger partial charge in [0.2, 0.25) is 0 Å². The Morgan fingerprint density at radius 2 is 1.86 bits per heavy atom. The predicted molar refractivity (Wildman–Crippen MR) is 75.6 cm³/mol. The van der Waals surface area contributed by atoms with E-state index in [-0.39, 0.29) is 11.5 Å². The third-order valence-corrected chi connectivity index (χ3v) is 4.08. The van der Waals surface area contributed by atoms with Crippen molar-refractivity contribution in [2.75, 3.05) is 0 Å². The van der Waals surface area contributed by atoms with Crippen molar-refractivity contribution in [1.29, 1.82) is 0 Å². The first kappa shape index (κ1) is 14.8. The third-order valence-electron chi connectivity index (χ3n) is 2.72. The molecule has 1 aliphatic rings. The SMILES string of the molecule is CC1=C/C(=N\S(=O)(=O)c2ccccc2[N+](=O)[O-])C=CC1=O. The van der Waals surface area contributed by atoms with Crippen molar-refractivity contribution in [3.63, 3.8) is 0 Å². The maximum absolute atomic E-state index is 12.2. The number of nitro benzene ring substituents is 1. The van der Waals surface area contributed by atoms with Crippen LogP contribution in [0.4, 0.5) is 5.69 Å². The number of ketones is 1. The van der Waals surface area contributed by atoms with Crippen molar-refractivity contribution < 1.29 is 18.1 Å². The minimum Gasteiger partial charge on any atom is -0.290 e. The first-order valence-corrected chi connectivity index (χ1v) is 7.24. The van der Waals surface area contributed by atoms with Crippen molar-refractivity contribution >= 4 is 27.2 Å². The highest BCUT2D eigenvalue weighted by molar-refractivity contribution is 7.90. The number of carbonyl (C=O) groups is 1. The van der Waals surface area contributed by atoms with E-state index in [1.165, 1.54) is 37.3 Å². The molecule has 1 aromatic rings. The second-order valence-corrected chi connectivity index (χ2v) is 5.81. The molecule has 0 atom stereocenters. The molecule has 0 aliphatic heterocycles. The van der Waals surface area contributed by atoms with Gasteiger partial charge in [0.05, 0.1) is 10.6 Å². The summed E-state index contributed by atoms with van der Waals surface area (Å²) in [6.45, 7) is 1.53. The summed E-state index contributed by atoms with van der Waals surface area (Å²) in [6, 6.07) is 4.95. The minimum atomic E-state index is -4.24. The normalized spacial score (nSPS) is 16.9. The van der Waals surface area contributed by atoms with E-state index in [9.17, 15) is 23.3 Å². The molecule has 108 valence electrons. The van der Waals surface area contributed by atoms with Gasteiger partial charge in [0, 0.05) is 6.07 Å². The van der Waals surface area contributed by atoms with Crippen LogP contribution in [-0.4, -0.2) is 24.8 Å². The third kappa shape index (κ3) is 3.11. The van der Waals surface area contributed by atoms with Gasteiger partial charge in [-0.3, -0.25) is 14.9 Å². The maximum Gasteiger partial charge on any atom is 0.289 e. The molecule has 8 heteroatoms. The number of hydrogen-bond acceptors (Lipinski definition) is 5. The second-order valence-electron chi connectivity index (χ2n) is 4.24.